The van der Waals surface area contributed by atoms with Crippen LogP contribution in [0.4, 0.5) is 5.69 Å². The fraction of sp³-hybridized carbons (Fsp3) is 0.133. The molecule has 0 amide bonds. The zero-order valence-corrected chi connectivity index (χ0v) is 10.9. The van der Waals surface area contributed by atoms with E-state index in [-0.39, 0.29) is 0 Å². The molecule has 0 N–H and O–H groups in total. The highest BCUT2D eigenvalue weighted by Crippen LogP contribution is 2.18. The minimum Gasteiger partial charge on any atom is -0.253 e. The van der Waals surface area contributed by atoms with Gasteiger partial charge >= 0.3 is 0 Å². The van der Waals surface area contributed by atoms with Crippen LogP contribution in [0, 0.1) is 6.92 Å². The molecule has 0 atom stereocenters. The monoisotopic (exact) mass is 241 g/mol. The van der Waals surface area contributed by atoms with E-state index in [1.54, 1.807) is 0 Å². The fourth-order valence-electron chi connectivity index (χ4n) is 1.65. The first-order chi connectivity index (χ1) is 8.16. The van der Waals surface area contributed by atoms with Crippen molar-refractivity contribution in [3.8, 4) is 0 Å². The van der Waals surface area contributed by atoms with Gasteiger partial charge in [0.25, 0.3) is 0 Å². The normalized spacial score (nSPS) is 11.6. The summed E-state index contributed by atoms with van der Waals surface area (Å²) in [4.78, 5) is 5.56. The first-order valence-electron chi connectivity index (χ1n) is 5.57. The second-order valence-electron chi connectivity index (χ2n) is 4.05. The van der Waals surface area contributed by atoms with E-state index in [4.69, 9.17) is 0 Å². The number of rotatable bonds is 2. The highest BCUT2D eigenvalue weighted by atomic mass is 32.1. The van der Waals surface area contributed by atoms with Crippen LogP contribution in [0.25, 0.3) is 0 Å². The van der Waals surface area contributed by atoms with Crippen LogP contribution >= 0.6 is 12.6 Å². The lowest BCUT2D eigenvalue weighted by Crippen LogP contribution is -1.95. The van der Waals surface area contributed by atoms with E-state index in [9.17, 15) is 0 Å². The van der Waals surface area contributed by atoms with Gasteiger partial charge < -0.3 is 0 Å². The third kappa shape index (κ3) is 2.98. The number of aryl methyl sites for hydroxylation is 1. The van der Waals surface area contributed by atoms with E-state index in [0.29, 0.717) is 0 Å². The number of hydrogen-bond acceptors (Lipinski definition) is 2. The van der Waals surface area contributed by atoms with Crippen LogP contribution in [-0.2, 0) is 0 Å². The predicted octanol–water partition coefficient (Wildman–Crippen LogP) is 4.42. The van der Waals surface area contributed by atoms with Gasteiger partial charge in [-0.05, 0) is 32.0 Å². The second kappa shape index (κ2) is 5.19. The molecule has 0 aromatic heterocycles. The lowest BCUT2D eigenvalue weighted by atomic mass is 10.1. The van der Waals surface area contributed by atoms with Gasteiger partial charge in [0.2, 0.25) is 0 Å². The molecule has 0 heterocycles. The molecule has 0 radical (unpaired) electrons. The fourth-order valence-corrected chi connectivity index (χ4v) is 1.98. The predicted molar refractivity (Wildman–Crippen MR) is 76.7 cm³/mol. The third-order valence-electron chi connectivity index (χ3n) is 2.62. The van der Waals surface area contributed by atoms with Crippen molar-refractivity contribution in [1.29, 1.82) is 0 Å². The first kappa shape index (κ1) is 11.9. The van der Waals surface area contributed by atoms with Crippen LogP contribution in [0.1, 0.15) is 18.1 Å². The minimum absolute atomic E-state index is 0.959. The van der Waals surface area contributed by atoms with E-state index in [0.717, 1.165) is 21.9 Å². The minimum atomic E-state index is 0.959. The molecule has 0 bridgehead atoms. The summed E-state index contributed by atoms with van der Waals surface area (Å²) in [5.41, 5.74) is 4.29. The van der Waals surface area contributed by atoms with Crippen molar-refractivity contribution in [1.82, 2.24) is 0 Å². The Labute approximate surface area is 108 Å². The molecular formula is C15H15NS. The molecule has 0 fully saturated rings. The van der Waals surface area contributed by atoms with E-state index >= 15 is 0 Å². The smallest absolute Gasteiger partial charge is 0.0633 e. The summed E-state index contributed by atoms with van der Waals surface area (Å²) in [5, 5.41) is 0. The highest BCUT2D eigenvalue weighted by Gasteiger charge is 2.01. The molecular weight excluding hydrogens is 226 g/mol. The van der Waals surface area contributed by atoms with Crippen molar-refractivity contribution in [3.63, 3.8) is 0 Å². The number of aliphatic imine (C=N–C) groups is 1. The zero-order valence-electron chi connectivity index (χ0n) is 10.0. The molecule has 2 heteroatoms. The lowest BCUT2D eigenvalue weighted by molar-refractivity contribution is 1.38. The standard InChI is InChI=1S/C15H15NS/c1-11-7-9-13(10-8-11)16-12(2)14-5-3-4-6-15(14)17/h3-10,17H,1-2H3. The van der Waals surface area contributed by atoms with Gasteiger partial charge in [0.05, 0.1) is 5.69 Å². The summed E-state index contributed by atoms with van der Waals surface area (Å²) in [6, 6.07) is 16.2. The maximum absolute atomic E-state index is 4.60. The molecule has 17 heavy (non-hydrogen) atoms. The van der Waals surface area contributed by atoms with Crippen molar-refractivity contribution >= 4 is 24.0 Å². The molecule has 1 nitrogen and oxygen atoms in total. The van der Waals surface area contributed by atoms with Gasteiger partial charge in [-0.25, -0.2) is 0 Å². The Balaban J connectivity index is 2.34. The largest absolute Gasteiger partial charge is 0.253 e. The summed E-state index contributed by atoms with van der Waals surface area (Å²) in [6.45, 7) is 4.08. The van der Waals surface area contributed by atoms with Crippen molar-refractivity contribution < 1.29 is 0 Å². The molecule has 2 aromatic rings. The summed E-state index contributed by atoms with van der Waals surface area (Å²) in [7, 11) is 0. The van der Waals surface area contributed by atoms with Gasteiger partial charge in [0, 0.05) is 16.2 Å². The molecule has 0 aliphatic rings. The summed E-state index contributed by atoms with van der Waals surface area (Å²) >= 11 is 4.44. The Bertz CT molecular complexity index is 541. The molecule has 86 valence electrons. The second-order valence-corrected chi connectivity index (χ2v) is 4.53. The molecule has 0 aliphatic heterocycles. The molecule has 0 unspecified atom stereocenters. The molecule has 0 spiro atoms. The van der Waals surface area contributed by atoms with Crippen LogP contribution < -0.4 is 0 Å². The van der Waals surface area contributed by atoms with Crippen LogP contribution in [0.5, 0.6) is 0 Å². The van der Waals surface area contributed by atoms with Crippen molar-refractivity contribution in [2.75, 3.05) is 0 Å². The first-order valence-corrected chi connectivity index (χ1v) is 6.02. The Morgan fingerprint density at radius 2 is 1.65 bits per heavy atom. The molecule has 0 saturated heterocycles. The maximum atomic E-state index is 4.60. The summed E-state index contributed by atoms with van der Waals surface area (Å²) < 4.78 is 0. The van der Waals surface area contributed by atoms with Gasteiger partial charge in [-0.1, -0.05) is 35.9 Å². The van der Waals surface area contributed by atoms with E-state index in [1.807, 2.05) is 43.3 Å². The van der Waals surface area contributed by atoms with Gasteiger partial charge in [-0.15, -0.1) is 12.6 Å². The lowest BCUT2D eigenvalue weighted by Gasteiger charge is -2.04. The zero-order chi connectivity index (χ0) is 12.3. The van der Waals surface area contributed by atoms with Crippen molar-refractivity contribution in [2.45, 2.75) is 18.7 Å². The van der Waals surface area contributed by atoms with Gasteiger partial charge in [0.15, 0.2) is 0 Å². The molecule has 0 saturated carbocycles. The molecule has 0 aliphatic carbocycles. The Morgan fingerprint density at radius 3 is 2.29 bits per heavy atom. The average Bonchev–Trinajstić information content (AvgIpc) is 2.32. The van der Waals surface area contributed by atoms with Gasteiger partial charge in [-0.3, -0.25) is 4.99 Å². The topological polar surface area (TPSA) is 12.4 Å². The number of benzene rings is 2. The van der Waals surface area contributed by atoms with Crippen molar-refractivity contribution in [3.05, 3.63) is 59.7 Å². The van der Waals surface area contributed by atoms with Crippen LogP contribution in [0.15, 0.2) is 58.4 Å². The van der Waals surface area contributed by atoms with Crippen LogP contribution in [0.3, 0.4) is 0 Å². The number of nitrogens with zero attached hydrogens (tertiary/aromatic N) is 1. The number of hydrogen-bond donors (Lipinski definition) is 1. The molecule has 2 aromatic carbocycles. The third-order valence-corrected chi connectivity index (χ3v) is 3.01. The quantitative estimate of drug-likeness (QED) is 0.590. The summed E-state index contributed by atoms with van der Waals surface area (Å²) in [6.07, 6.45) is 0. The van der Waals surface area contributed by atoms with Gasteiger partial charge in [-0.2, -0.15) is 0 Å². The van der Waals surface area contributed by atoms with E-state index < -0.39 is 0 Å². The SMILES string of the molecule is CC(=Nc1ccc(C)cc1)c1ccccc1S. The van der Waals surface area contributed by atoms with Crippen LogP contribution in [-0.4, -0.2) is 5.71 Å². The van der Waals surface area contributed by atoms with Crippen LogP contribution in [0.2, 0.25) is 0 Å². The van der Waals surface area contributed by atoms with Crippen molar-refractivity contribution in [2.24, 2.45) is 4.99 Å². The average molecular weight is 241 g/mol. The van der Waals surface area contributed by atoms with E-state index in [1.165, 1.54) is 5.56 Å². The Kier molecular flexibility index (Phi) is 3.64. The Hall–Kier alpha value is -1.54. The Morgan fingerprint density at radius 1 is 1.00 bits per heavy atom. The maximum Gasteiger partial charge on any atom is 0.0633 e. The van der Waals surface area contributed by atoms with Gasteiger partial charge in [0.1, 0.15) is 0 Å². The van der Waals surface area contributed by atoms with E-state index in [2.05, 4.69) is 36.7 Å². The molecule has 2 rings (SSSR count). The highest BCUT2D eigenvalue weighted by molar-refractivity contribution is 7.80. The number of thiol groups is 1. The summed E-state index contributed by atoms with van der Waals surface area (Å²) in [5.74, 6) is 0.